The first kappa shape index (κ1) is 19.2. The zero-order valence-electron chi connectivity index (χ0n) is 16.0. The van der Waals surface area contributed by atoms with Crippen molar-refractivity contribution in [3.63, 3.8) is 0 Å². The second-order valence-corrected chi connectivity index (χ2v) is 6.08. The topological polar surface area (TPSA) is 70.0 Å². The number of carbonyl (C=O) groups is 1. The Labute approximate surface area is 165 Å². The molecule has 2 aromatic carbocycles. The van der Waals surface area contributed by atoms with Gasteiger partial charge in [-0.2, -0.15) is 0 Å². The van der Waals surface area contributed by atoms with Gasteiger partial charge in [0.05, 0.1) is 5.69 Å². The molecule has 28 heavy (non-hydrogen) atoms. The summed E-state index contributed by atoms with van der Waals surface area (Å²) in [5, 5.41) is 11.5. The van der Waals surface area contributed by atoms with E-state index in [1.54, 1.807) is 24.4 Å². The normalized spacial score (nSPS) is 10.8. The minimum absolute atomic E-state index is 0.188. The van der Waals surface area contributed by atoms with Crippen molar-refractivity contribution in [1.82, 2.24) is 4.98 Å². The lowest BCUT2D eigenvalue weighted by molar-refractivity contribution is 0.102. The second kappa shape index (κ2) is 9.41. The molecule has 1 amide bonds. The van der Waals surface area contributed by atoms with Gasteiger partial charge in [0.1, 0.15) is 5.69 Å². The Kier molecular flexibility index (Phi) is 6.46. The van der Waals surface area contributed by atoms with Crippen molar-refractivity contribution in [3.05, 3.63) is 78.5 Å². The average Bonchev–Trinajstić information content (AvgIpc) is 2.75. The molecular formula is C22H23N5O. The Balaban J connectivity index is 1.94. The van der Waals surface area contributed by atoms with Gasteiger partial charge in [0, 0.05) is 30.5 Å². The van der Waals surface area contributed by atoms with E-state index >= 15 is 0 Å². The van der Waals surface area contributed by atoms with E-state index in [4.69, 9.17) is 0 Å². The van der Waals surface area contributed by atoms with Gasteiger partial charge < -0.3 is 10.2 Å². The summed E-state index contributed by atoms with van der Waals surface area (Å²) in [6.45, 7) is 5.94. The molecule has 3 aromatic rings. The second-order valence-electron chi connectivity index (χ2n) is 6.08. The van der Waals surface area contributed by atoms with Gasteiger partial charge >= 0.3 is 0 Å². The maximum absolute atomic E-state index is 12.7. The van der Waals surface area contributed by atoms with Gasteiger partial charge in [-0.3, -0.25) is 4.79 Å². The number of nitrogens with one attached hydrogen (secondary N) is 1. The first-order valence-electron chi connectivity index (χ1n) is 9.29. The molecule has 0 saturated carbocycles. The molecule has 0 unspecified atom stereocenters. The van der Waals surface area contributed by atoms with Crippen LogP contribution in [0.15, 0.2) is 83.2 Å². The first-order chi connectivity index (χ1) is 13.7. The lowest BCUT2D eigenvalue weighted by Crippen LogP contribution is -2.22. The summed E-state index contributed by atoms with van der Waals surface area (Å²) in [6.07, 6.45) is 1.66. The molecule has 1 aromatic heterocycles. The standard InChI is InChI=1S/C22H23N5O/c1-3-27(4-2)18-13-14-19(25-26-21-12-8-9-15-23-21)20(16-18)24-22(28)17-10-6-5-7-11-17/h5-16H,3-4H2,1-2H3,(H,24,28). The van der Waals surface area contributed by atoms with Gasteiger partial charge in [-0.25, -0.2) is 4.98 Å². The summed E-state index contributed by atoms with van der Waals surface area (Å²) in [7, 11) is 0. The zero-order chi connectivity index (χ0) is 19.8. The summed E-state index contributed by atoms with van der Waals surface area (Å²) in [4.78, 5) is 19.0. The van der Waals surface area contributed by atoms with Crippen molar-refractivity contribution < 1.29 is 4.79 Å². The van der Waals surface area contributed by atoms with Crippen LogP contribution in [0.3, 0.4) is 0 Å². The molecule has 0 bridgehead atoms. The van der Waals surface area contributed by atoms with E-state index < -0.39 is 0 Å². The predicted molar refractivity (Wildman–Crippen MR) is 113 cm³/mol. The van der Waals surface area contributed by atoms with Crippen LogP contribution >= 0.6 is 0 Å². The summed E-state index contributed by atoms with van der Waals surface area (Å²) in [5.74, 6) is 0.322. The van der Waals surface area contributed by atoms with E-state index in [1.807, 2.05) is 48.5 Å². The highest BCUT2D eigenvalue weighted by Gasteiger charge is 2.12. The zero-order valence-corrected chi connectivity index (χ0v) is 16.0. The lowest BCUT2D eigenvalue weighted by Gasteiger charge is -2.22. The van der Waals surface area contributed by atoms with Gasteiger partial charge in [0.25, 0.3) is 5.91 Å². The Morgan fingerprint density at radius 2 is 1.71 bits per heavy atom. The summed E-state index contributed by atoms with van der Waals surface area (Å²) >= 11 is 0. The van der Waals surface area contributed by atoms with E-state index in [-0.39, 0.29) is 5.91 Å². The Bertz CT molecular complexity index is 938. The van der Waals surface area contributed by atoms with Crippen molar-refractivity contribution in [1.29, 1.82) is 0 Å². The van der Waals surface area contributed by atoms with Gasteiger partial charge in [0.15, 0.2) is 5.82 Å². The fourth-order valence-corrected chi connectivity index (χ4v) is 2.80. The molecular weight excluding hydrogens is 350 g/mol. The minimum atomic E-state index is -0.188. The molecule has 3 rings (SSSR count). The van der Waals surface area contributed by atoms with Crippen LogP contribution in [0.25, 0.3) is 0 Å². The largest absolute Gasteiger partial charge is 0.372 e. The highest BCUT2D eigenvalue weighted by Crippen LogP contribution is 2.31. The molecule has 1 N–H and O–H groups in total. The molecule has 0 fully saturated rings. The lowest BCUT2D eigenvalue weighted by atomic mass is 10.2. The number of hydrogen-bond donors (Lipinski definition) is 1. The summed E-state index contributed by atoms with van der Waals surface area (Å²) < 4.78 is 0. The Hall–Kier alpha value is -3.54. The molecule has 0 aliphatic heterocycles. The third-order valence-corrected chi connectivity index (χ3v) is 4.30. The fourth-order valence-electron chi connectivity index (χ4n) is 2.80. The number of benzene rings is 2. The Morgan fingerprint density at radius 3 is 2.39 bits per heavy atom. The van der Waals surface area contributed by atoms with Crippen LogP contribution < -0.4 is 10.2 Å². The predicted octanol–water partition coefficient (Wildman–Crippen LogP) is 5.60. The van der Waals surface area contributed by atoms with Crippen LogP contribution in [0.1, 0.15) is 24.2 Å². The van der Waals surface area contributed by atoms with Crippen molar-refractivity contribution in [2.24, 2.45) is 10.2 Å². The quantitative estimate of drug-likeness (QED) is 0.548. The van der Waals surface area contributed by atoms with Crippen molar-refractivity contribution in [2.75, 3.05) is 23.3 Å². The molecule has 6 heteroatoms. The van der Waals surface area contributed by atoms with Gasteiger partial charge in [-0.15, -0.1) is 10.2 Å². The minimum Gasteiger partial charge on any atom is -0.372 e. The van der Waals surface area contributed by atoms with E-state index in [9.17, 15) is 4.79 Å². The number of carbonyl (C=O) groups excluding carboxylic acids is 1. The van der Waals surface area contributed by atoms with E-state index in [2.05, 4.69) is 39.3 Å². The number of hydrogen-bond acceptors (Lipinski definition) is 5. The SMILES string of the molecule is CCN(CC)c1ccc(N=Nc2ccccn2)c(NC(=O)c2ccccc2)c1. The number of azo groups is 1. The van der Waals surface area contributed by atoms with Crippen LogP contribution in [0.5, 0.6) is 0 Å². The third-order valence-electron chi connectivity index (χ3n) is 4.30. The monoisotopic (exact) mass is 373 g/mol. The van der Waals surface area contributed by atoms with Crippen molar-refractivity contribution >= 4 is 28.8 Å². The molecule has 0 aliphatic rings. The number of nitrogens with zero attached hydrogens (tertiary/aromatic N) is 4. The van der Waals surface area contributed by atoms with Gasteiger partial charge in [-0.05, 0) is 56.3 Å². The Morgan fingerprint density at radius 1 is 0.964 bits per heavy atom. The maximum Gasteiger partial charge on any atom is 0.255 e. The van der Waals surface area contributed by atoms with Crippen LogP contribution in [-0.4, -0.2) is 24.0 Å². The van der Waals surface area contributed by atoms with Crippen molar-refractivity contribution in [3.8, 4) is 0 Å². The average molecular weight is 373 g/mol. The smallest absolute Gasteiger partial charge is 0.255 e. The molecule has 0 spiro atoms. The van der Waals surface area contributed by atoms with Gasteiger partial charge in [-0.1, -0.05) is 24.3 Å². The molecule has 1 heterocycles. The van der Waals surface area contributed by atoms with Crippen LogP contribution in [0.2, 0.25) is 0 Å². The fraction of sp³-hybridized carbons (Fsp3) is 0.182. The number of amides is 1. The number of aromatic nitrogens is 1. The van der Waals surface area contributed by atoms with Crippen molar-refractivity contribution in [2.45, 2.75) is 13.8 Å². The molecule has 0 atom stereocenters. The molecule has 6 nitrogen and oxygen atoms in total. The first-order valence-corrected chi connectivity index (χ1v) is 9.29. The molecule has 0 radical (unpaired) electrons. The number of pyridine rings is 1. The van der Waals surface area contributed by atoms with Crippen LogP contribution in [0.4, 0.5) is 22.9 Å². The summed E-state index contributed by atoms with van der Waals surface area (Å²) in [6, 6.07) is 20.3. The maximum atomic E-state index is 12.7. The van der Waals surface area contributed by atoms with E-state index in [0.717, 1.165) is 18.8 Å². The highest BCUT2D eigenvalue weighted by atomic mass is 16.1. The molecule has 0 aliphatic carbocycles. The molecule has 0 saturated heterocycles. The van der Waals surface area contributed by atoms with Crippen LogP contribution in [-0.2, 0) is 0 Å². The van der Waals surface area contributed by atoms with Gasteiger partial charge in [0.2, 0.25) is 0 Å². The highest BCUT2D eigenvalue weighted by molar-refractivity contribution is 6.06. The number of anilines is 2. The third kappa shape index (κ3) is 4.79. The number of rotatable bonds is 7. The van der Waals surface area contributed by atoms with E-state index in [1.165, 1.54) is 0 Å². The molecule has 142 valence electrons. The van der Waals surface area contributed by atoms with E-state index in [0.29, 0.717) is 22.8 Å². The van der Waals surface area contributed by atoms with Crippen LogP contribution in [0, 0.1) is 0 Å². The summed E-state index contributed by atoms with van der Waals surface area (Å²) in [5.41, 5.74) is 2.79.